The minimum atomic E-state index is -0.378. The second kappa shape index (κ2) is 6.91. The van der Waals surface area contributed by atoms with Crippen LogP contribution >= 0.6 is 0 Å². The largest absolute Gasteiger partial charge is 0.396 e. The number of aliphatic hydroxyl groups excluding tert-OH is 1. The van der Waals surface area contributed by atoms with E-state index in [-0.39, 0.29) is 6.10 Å². The Kier molecular flexibility index (Phi) is 5.22. The van der Waals surface area contributed by atoms with Crippen LogP contribution in [0.5, 0.6) is 0 Å². The molecule has 1 saturated heterocycles. The summed E-state index contributed by atoms with van der Waals surface area (Å²) < 4.78 is 1.72. The third-order valence-corrected chi connectivity index (χ3v) is 3.87. The predicted octanol–water partition coefficient (Wildman–Crippen LogP) is 1.48. The average Bonchev–Trinajstić information content (AvgIpc) is 2.77. The van der Waals surface area contributed by atoms with Gasteiger partial charge in [0.1, 0.15) is 0 Å². The Morgan fingerprint density at radius 2 is 2.32 bits per heavy atom. The van der Waals surface area contributed by atoms with Crippen molar-refractivity contribution in [2.75, 3.05) is 18.8 Å². The van der Waals surface area contributed by atoms with Gasteiger partial charge in [0.25, 0.3) is 0 Å². The number of hydrogen-bond donors (Lipinski definition) is 2. The molecule has 0 aromatic carbocycles. The molecule has 2 heterocycles. The quantitative estimate of drug-likeness (QED) is 0.818. The number of nitrogens with zero attached hydrogens (tertiary/aromatic N) is 3. The molecule has 0 radical (unpaired) electrons. The van der Waals surface area contributed by atoms with E-state index in [1.807, 2.05) is 0 Å². The number of β-amino-alcohol motifs (C(OH)–C–C–N with tert-alkyl or cyclic N) is 1. The minimum Gasteiger partial charge on any atom is -0.396 e. The molecule has 0 bridgehead atoms. The van der Waals surface area contributed by atoms with Gasteiger partial charge in [-0.25, -0.2) is 0 Å². The van der Waals surface area contributed by atoms with Crippen LogP contribution in [0, 0.1) is 0 Å². The molecule has 19 heavy (non-hydrogen) atoms. The van der Waals surface area contributed by atoms with Gasteiger partial charge >= 0.3 is 0 Å². The average molecular weight is 266 g/mol. The van der Waals surface area contributed by atoms with Crippen molar-refractivity contribution >= 4 is 5.69 Å². The first-order chi connectivity index (χ1) is 9.19. The van der Waals surface area contributed by atoms with Crippen LogP contribution < -0.4 is 5.73 Å². The summed E-state index contributed by atoms with van der Waals surface area (Å²) in [4.78, 5) is 2.45. The van der Waals surface area contributed by atoms with Crippen LogP contribution in [0.1, 0.15) is 39.0 Å². The number of aromatic nitrogens is 2. The van der Waals surface area contributed by atoms with Gasteiger partial charge in [0, 0.05) is 18.8 Å². The number of nitrogens with two attached hydrogens (primary N) is 1. The van der Waals surface area contributed by atoms with Crippen molar-refractivity contribution in [2.45, 2.75) is 57.7 Å². The smallest absolute Gasteiger partial charge is 0.0862 e. The molecule has 0 saturated carbocycles. The number of hydrogen-bond acceptors (Lipinski definition) is 4. The lowest BCUT2D eigenvalue weighted by Gasteiger charge is -2.36. The summed E-state index contributed by atoms with van der Waals surface area (Å²) in [6.45, 7) is 4.61. The fraction of sp³-hybridized carbons (Fsp3) is 0.786. The lowest BCUT2D eigenvalue weighted by molar-refractivity contribution is 0.0534. The summed E-state index contributed by atoms with van der Waals surface area (Å²) in [6, 6.07) is 0.649. The second-order valence-electron chi connectivity index (χ2n) is 5.58. The number of nitrogen functional groups attached to an aromatic ring is 1. The fourth-order valence-electron chi connectivity index (χ4n) is 2.98. The number of piperidine rings is 1. The van der Waals surface area contributed by atoms with E-state index < -0.39 is 0 Å². The van der Waals surface area contributed by atoms with E-state index >= 15 is 0 Å². The molecule has 1 aliphatic heterocycles. The molecule has 1 aromatic heterocycles. The molecule has 1 aliphatic rings. The van der Waals surface area contributed by atoms with Crippen LogP contribution in [0.15, 0.2) is 12.4 Å². The highest BCUT2D eigenvalue weighted by Crippen LogP contribution is 2.21. The van der Waals surface area contributed by atoms with E-state index in [0.29, 0.717) is 18.3 Å². The molecule has 1 aromatic rings. The van der Waals surface area contributed by atoms with Gasteiger partial charge in [0.2, 0.25) is 0 Å². The SMILES string of the molecule is CCCC1CCCCN1CC(O)Cn1cc(N)cn1. The Labute approximate surface area is 115 Å². The van der Waals surface area contributed by atoms with E-state index in [1.165, 1.54) is 32.1 Å². The third kappa shape index (κ3) is 4.21. The zero-order valence-electron chi connectivity index (χ0n) is 11.8. The lowest BCUT2D eigenvalue weighted by atomic mass is 9.98. The summed E-state index contributed by atoms with van der Waals surface area (Å²) >= 11 is 0. The highest BCUT2D eigenvalue weighted by Gasteiger charge is 2.23. The maximum absolute atomic E-state index is 10.2. The van der Waals surface area contributed by atoms with Crippen molar-refractivity contribution in [3.63, 3.8) is 0 Å². The van der Waals surface area contributed by atoms with E-state index in [4.69, 9.17) is 5.73 Å². The molecule has 2 atom stereocenters. The Bertz CT molecular complexity index is 377. The molecule has 0 aliphatic carbocycles. The lowest BCUT2D eigenvalue weighted by Crippen LogP contribution is -2.44. The summed E-state index contributed by atoms with van der Waals surface area (Å²) in [5.74, 6) is 0. The van der Waals surface area contributed by atoms with Crippen molar-refractivity contribution in [2.24, 2.45) is 0 Å². The maximum Gasteiger partial charge on any atom is 0.0862 e. The minimum absolute atomic E-state index is 0.378. The van der Waals surface area contributed by atoms with Gasteiger partial charge < -0.3 is 10.8 Å². The molecular weight excluding hydrogens is 240 g/mol. The van der Waals surface area contributed by atoms with Gasteiger partial charge in [-0.05, 0) is 25.8 Å². The van der Waals surface area contributed by atoms with Crippen molar-refractivity contribution in [1.82, 2.24) is 14.7 Å². The monoisotopic (exact) mass is 266 g/mol. The Morgan fingerprint density at radius 3 is 3.00 bits per heavy atom. The van der Waals surface area contributed by atoms with Crippen molar-refractivity contribution in [3.05, 3.63) is 12.4 Å². The molecule has 0 amide bonds. The first kappa shape index (κ1) is 14.3. The predicted molar refractivity (Wildman–Crippen MR) is 76.8 cm³/mol. The van der Waals surface area contributed by atoms with Crippen LogP contribution in [0.3, 0.4) is 0 Å². The summed E-state index contributed by atoms with van der Waals surface area (Å²) in [6.07, 6.45) is 9.31. The van der Waals surface area contributed by atoms with Crippen LogP contribution in [0.2, 0.25) is 0 Å². The number of likely N-dealkylation sites (tertiary alicyclic amines) is 1. The Morgan fingerprint density at radius 1 is 1.47 bits per heavy atom. The van der Waals surface area contributed by atoms with E-state index in [9.17, 15) is 5.11 Å². The van der Waals surface area contributed by atoms with Crippen LogP contribution in [0.4, 0.5) is 5.69 Å². The molecule has 2 rings (SSSR count). The van der Waals surface area contributed by atoms with Crippen molar-refractivity contribution < 1.29 is 5.11 Å². The fourth-order valence-corrected chi connectivity index (χ4v) is 2.98. The molecule has 3 N–H and O–H groups in total. The first-order valence-electron chi connectivity index (χ1n) is 7.39. The number of rotatable bonds is 6. The van der Waals surface area contributed by atoms with Crippen LogP contribution in [0.25, 0.3) is 0 Å². The van der Waals surface area contributed by atoms with Gasteiger partial charge in [-0.1, -0.05) is 19.8 Å². The molecule has 5 nitrogen and oxygen atoms in total. The van der Waals surface area contributed by atoms with Gasteiger partial charge in [-0.15, -0.1) is 0 Å². The zero-order chi connectivity index (χ0) is 13.7. The van der Waals surface area contributed by atoms with Crippen LogP contribution in [-0.4, -0.2) is 45.0 Å². The Balaban J connectivity index is 1.84. The number of aliphatic hydroxyl groups is 1. The van der Waals surface area contributed by atoms with Gasteiger partial charge in [-0.2, -0.15) is 5.10 Å². The van der Waals surface area contributed by atoms with Gasteiger partial charge in [0.15, 0.2) is 0 Å². The standard InChI is InChI=1S/C14H26N4O/c1-2-5-13-6-3-4-7-17(13)10-14(19)11-18-9-12(15)8-16-18/h8-9,13-14,19H,2-7,10-11,15H2,1H3. The molecule has 2 unspecified atom stereocenters. The molecule has 108 valence electrons. The highest BCUT2D eigenvalue weighted by atomic mass is 16.3. The first-order valence-corrected chi connectivity index (χ1v) is 7.39. The second-order valence-corrected chi connectivity index (χ2v) is 5.58. The molecular formula is C14H26N4O. The highest BCUT2D eigenvalue weighted by molar-refractivity contribution is 5.30. The molecule has 1 fully saturated rings. The van der Waals surface area contributed by atoms with Gasteiger partial charge in [-0.3, -0.25) is 9.58 Å². The summed E-state index contributed by atoms with van der Waals surface area (Å²) in [5, 5.41) is 14.3. The molecule has 5 heteroatoms. The molecule has 0 spiro atoms. The summed E-state index contributed by atoms with van der Waals surface area (Å²) in [7, 11) is 0. The van der Waals surface area contributed by atoms with Crippen LogP contribution in [-0.2, 0) is 6.54 Å². The summed E-state index contributed by atoms with van der Waals surface area (Å²) in [5.41, 5.74) is 6.27. The van der Waals surface area contributed by atoms with Crippen molar-refractivity contribution in [3.8, 4) is 0 Å². The third-order valence-electron chi connectivity index (χ3n) is 3.87. The Hall–Kier alpha value is -1.07. The van der Waals surface area contributed by atoms with E-state index in [0.717, 1.165) is 13.1 Å². The number of anilines is 1. The normalized spacial score (nSPS) is 22.5. The van der Waals surface area contributed by atoms with Crippen molar-refractivity contribution in [1.29, 1.82) is 0 Å². The topological polar surface area (TPSA) is 67.3 Å². The van der Waals surface area contributed by atoms with Gasteiger partial charge in [0.05, 0.1) is 24.5 Å². The maximum atomic E-state index is 10.2. The zero-order valence-corrected chi connectivity index (χ0v) is 11.8. The van der Waals surface area contributed by atoms with E-state index in [1.54, 1.807) is 17.1 Å². The van der Waals surface area contributed by atoms with E-state index in [2.05, 4.69) is 16.9 Å².